The molecule has 56 valence electrons. The van der Waals surface area contributed by atoms with Gasteiger partial charge in [0.2, 0.25) is 0 Å². The Hall–Kier alpha value is -0.730. The molecule has 0 fully saturated rings. The number of aromatic nitrogens is 2. The standard InChI is InChI=1S/C7H4Cl2N2/c8-5-3-11-7(9)6-4(5)1-2-10-6/h1-3,10H. The van der Waals surface area contributed by atoms with Crippen molar-refractivity contribution in [3.05, 3.63) is 28.6 Å². The molecular formula is C7H4Cl2N2. The highest BCUT2D eigenvalue weighted by molar-refractivity contribution is 6.38. The van der Waals surface area contributed by atoms with E-state index in [9.17, 15) is 0 Å². The van der Waals surface area contributed by atoms with Crippen molar-refractivity contribution in [2.75, 3.05) is 0 Å². The second kappa shape index (κ2) is 2.40. The van der Waals surface area contributed by atoms with Gasteiger partial charge in [0, 0.05) is 17.8 Å². The first kappa shape index (κ1) is 6.95. The first-order chi connectivity index (χ1) is 5.29. The minimum atomic E-state index is 0.453. The third-order valence-electron chi connectivity index (χ3n) is 1.50. The topological polar surface area (TPSA) is 28.7 Å². The third-order valence-corrected chi connectivity index (χ3v) is 2.09. The maximum absolute atomic E-state index is 5.83. The molecule has 4 heteroatoms. The zero-order valence-corrected chi connectivity index (χ0v) is 6.95. The number of hydrogen-bond donors (Lipinski definition) is 1. The average molecular weight is 187 g/mol. The van der Waals surface area contributed by atoms with Crippen molar-refractivity contribution in [2.45, 2.75) is 0 Å². The van der Waals surface area contributed by atoms with Crippen LogP contribution in [-0.4, -0.2) is 9.97 Å². The van der Waals surface area contributed by atoms with Crippen molar-refractivity contribution in [1.82, 2.24) is 9.97 Å². The Labute approximate surface area is 73.1 Å². The molecule has 2 heterocycles. The average Bonchev–Trinajstić information content (AvgIpc) is 2.45. The molecule has 0 amide bonds. The Morgan fingerprint density at radius 3 is 2.91 bits per heavy atom. The molecule has 0 aliphatic rings. The highest BCUT2D eigenvalue weighted by Crippen LogP contribution is 2.25. The molecule has 0 aliphatic carbocycles. The predicted molar refractivity (Wildman–Crippen MR) is 46.1 cm³/mol. The molecule has 0 aliphatic heterocycles. The van der Waals surface area contributed by atoms with E-state index >= 15 is 0 Å². The van der Waals surface area contributed by atoms with Gasteiger partial charge in [0.05, 0.1) is 10.5 Å². The Morgan fingerprint density at radius 2 is 2.18 bits per heavy atom. The Morgan fingerprint density at radius 1 is 1.36 bits per heavy atom. The summed E-state index contributed by atoms with van der Waals surface area (Å²) in [7, 11) is 0. The molecule has 2 aromatic heterocycles. The lowest BCUT2D eigenvalue weighted by molar-refractivity contribution is 1.34. The van der Waals surface area contributed by atoms with Gasteiger partial charge in [-0.25, -0.2) is 4.98 Å². The monoisotopic (exact) mass is 186 g/mol. The van der Waals surface area contributed by atoms with Gasteiger partial charge in [-0.3, -0.25) is 0 Å². The summed E-state index contributed by atoms with van der Waals surface area (Å²) in [6, 6.07) is 1.87. The van der Waals surface area contributed by atoms with Gasteiger partial charge in [-0.1, -0.05) is 23.2 Å². The summed E-state index contributed by atoms with van der Waals surface area (Å²) in [6.45, 7) is 0. The van der Waals surface area contributed by atoms with E-state index in [1.54, 1.807) is 12.4 Å². The van der Waals surface area contributed by atoms with E-state index in [4.69, 9.17) is 23.2 Å². The van der Waals surface area contributed by atoms with Crippen LogP contribution in [0.25, 0.3) is 10.9 Å². The van der Waals surface area contributed by atoms with E-state index in [1.807, 2.05) is 6.07 Å². The van der Waals surface area contributed by atoms with Crippen LogP contribution in [0.3, 0.4) is 0 Å². The Balaban J connectivity index is 2.96. The first-order valence-electron chi connectivity index (χ1n) is 3.06. The Kier molecular flexibility index (Phi) is 1.51. The molecule has 11 heavy (non-hydrogen) atoms. The van der Waals surface area contributed by atoms with Crippen LogP contribution in [0.15, 0.2) is 18.5 Å². The molecule has 0 radical (unpaired) electrons. The highest BCUT2D eigenvalue weighted by Gasteiger charge is 2.03. The smallest absolute Gasteiger partial charge is 0.153 e. The fourth-order valence-corrected chi connectivity index (χ4v) is 1.40. The molecule has 1 N–H and O–H groups in total. The van der Waals surface area contributed by atoms with Crippen molar-refractivity contribution >= 4 is 34.1 Å². The molecule has 2 nitrogen and oxygen atoms in total. The number of hydrogen-bond acceptors (Lipinski definition) is 1. The largest absolute Gasteiger partial charge is 0.359 e. The van der Waals surface area contributed by atoms with Gasteiger partial charge < -0.3 is 4.98 Å². The molecule has 0 spiro atoms. The maximum atomic E-state index is 5.83. The number of nitrogens with one attached hydrogen (secondary N) is 1. The van der Waals surface area contributed by atoms with E-state index in [2.05, 4.69) is 9.97 Å². The van der Waals surface area contributed by atoms with E-state index in [1.165, 1.54) is 0 Å². The summed E-state index contributed by atoms with van der Waals surface area (Å²) in [5.74, 6) is 0. The van der Waals surface area contributed by atoms with Crippen molar-refractivity contribution in [3.63, 3.8) is 0 Å². The van der Waals surface area contributed by atoms with E-state index in [0.717, 1.165) is 10.9 Å². The van der Waals surface area contributed by atoms with Crippen molar-refractivity contribution < 1.29 is 0 Å². The van der Waals surface area contributed by atoms with Crippen LogP contribution in [0.2, 0.25) is 10.2 Å². The van der Waals surface area contributed by atoms with Gasteiger partial charge in [0.1, 0.15) is 0 Å². The zero-order valence-electron chi connectivity index (χ0n) is 5.44. The third kappa shape index (κ3) is 0.988. The second-order valence-electron chi connectivity index (χ2n) is 2.16. The van der Waals surface area contributed by atoms with Crippen molar-refractivity contribution in [3.8, 4) is 0 Å². The lowest BCUT2D eigenvalue weighted by Gasteiger charge is -1.93. The summed E-state index contributed by atoms with van der Waals surface area (Å²) >= 11 is 11.6. The molecule has 0 atom stereocenters. The summed E-state index contributed by atoms with van der Waals surface area (Å²) in [5, 5.41) is 1.98. The van der Waals surface area contributed by atoms with Crippen LogP contribution in [0, 0.1) is 0 Å². The van der Waals surface area contributed by atoms with Gasteiger partial charge >= 0.3 is 0 Å². The lowest BCUT2D eigenvalue weighted by atomic mass is 10.3. The van der Waals surface area contributed by atoms with Crippen LogP contribution >= 0.6 is 23.2 Å². The van der Waals surface area contributed by atoms with Gasteiger partial charge in [-0.05, 0) is 6.07 Å². The normalized spacial score (nSPS) is 10.7. The van der Waals surface area contributed by atoms with Crippen LogP contribution in [-0.2, 0) is 0 Å². The molecule has 0 aromatic carbocycles. The van der Waals surface area contributed by atoms with Crippen LogP contribution in [0.4, 0.5) is 0 Å². The van der Waals surface area contributed by atoms with Gasteiger partial charge in [0.25, 0.3) is 0 Å². The molecule has 0 saturated heterocycles. The molecule has 2 aromatic rings. The maximum Gasteiger partial charge on any atom is 0.153 e. The van der Waals surface area contributed by atoms with Crippen LogP contribution in [0.1, 0.15) is 0 Å². The minimum Gasteiger partial charge on any atom is -0.359 e. The summed E-state index contributed by atoms with van der Waals surface area (Å²) < 4.78 is 0. The SMILES string of the molecule is Clc1cnc(Cl)c2[nH]ccc12. The predicted octanol–water partition coefficient (Wildman–Crippen LogP) is 2.87. The van der Waals surface area contributed by atoms with Crippen LogP contribution in [0.5, 0.6) is 0 Å². The van der Waals surface area contributed by atoms with Gasteiger partial charge in [-0.2, -0.15) is 0 Å². The Bertz CT molecular complexity index is 358. The fourth-order valence-electron chi connectivity index (χ4n) is 0.987. The molecule has 0 unspecified atom stereocenters. The molecule has 0 bridgehead atoms. The number of H-pyrrole nitrogens is 1. The summed E-state index contributed by atoms with van der Waals surface area (Å²) in [5.41, 5.74) is 0.791. The van der Waals surface area contributed by atoms with E-state index in [0.29, 0.717) is 10.2 Å². The molecule has 2 rings (SSSR count). The number of aromatic amines is 1. The van der Waals surface area contributed by atoms with Gasteiger partial charge in [0.15, 0.2) is 5.15 Å². The zero-order chi connectivity index (χ0) is 7.84. The quantitative estimate of drug-likeness (QED) is 0.631. The summed E-state index contributed by atoms with van der Waals surface area (Å²) in [4.78, 5) is 6.83. The fraction of sp³-hybridized carbons (Fsp3) is 0. The van der Waals surface area contributed by atoms with Crippen molar-refractivity contribution in [1.29, 1.82) is 0 Å². The summed E-state index contributed by atoms with van der Waals surface area (Å²) in [6.07, 6.45) is 3.32. The second-order valence-corrected chi connectivity index (χ2v) is 2.93. The number of pyridine rings is 1. The number of fused-ring (bicyclic) bond motifs is 1. The van der Waals surface area contributed by atoms with E-state index < -0.39 is 0 Å². The van der Waals surface area contributed by atoms with Crippen LogP contribution < -0.4 is 0 Å². The van der Waals surface area contributed by atoms with Gasteiger partial charge in [-0.15, -0.1) is 0 Å². The first-order valence-corrected chi connectivity index (χ1v) is 3.82. The van der Waals surface area contributed by atoms with E-state index in [-0.39, 0.29) is 0 Å². The minimum absolute atomic E-state index is 0.453. The highest BCUT2D eigenvalue weighted by atomic mass is 35.5. The number of rotatable bonds is 0. The number of halogens is 2. The lowest BCUT2D eigenvalue weighted by Crippen LogP contribution is -1.77. The van der Waals surface area contributed by atoms with Crippen molar-refractivity contribution in [2.24, 2.45) is 0 Å². The number of nitrogens with zero attached hydrogens (tertiary/aromatic N) is 1. The molecular weight excluding hydrogens is 183 g/mol. The molecule has 0 saturated carbocycles.